The second-order valence-electron chi connectivity index (χ2n) is 6.58. The number of fused-ring (bicyclic) bond motifs is 2. The van der Waals surface area contributed by atoms with E-state index in [1.54, 1.807) is 0 Å². The summed E-state index contributed by atoms with van der Waals surface area (Å²) >= 11 is 0. The van der Waals surface area contributed by atoms with Crippen molar-refractivity contribution in [3.8, 4) is 0 Å². The van der Waals surface area contributed by atoms with Crippen molar-refractivity contribution in [3.63, 3.8) is 0 Å². The minimum absolute atomic E-state index is 0.430. The van der Waals surface area contributed by atoms with Crippen molar-refractivity contribution in [2.75, 3.05) is 13.7 Å². The first kappa shape index (κ1) is 13.2. The average Bonchev–Trinajstić information content (AvgIpc) is 2.94. The highest BCUT2D eigenvalue weighted by atomic mass is 16.5. The number of hydrogen-bond donors (Lipinski definition) is 0. The molecule has 2 aliphatic rings. The quantitative estimate of drug-likeness (QED) is 0.812. The van der Waals surface area contributed by atoms with Gasteiger partial charge in [-0.2, -0.15) is 5.10 Å². The largest absolute Gasteiger partial charge is 0.385 e. The number of rotatable bonds is 5. The molecule has 0 N–H and O–H groups in total. The van der Waals surface area contributed by atoms with Gasteiger partial charge in [0.25, 0.3) is 0 Å². The SMILES string of the molecule is COCCC1(Cn2cccn2)CCC2CCCC1C2. The first-order chi connectivity index (χ1) is 9.32. The number of hydrogen-bond acceptors (Lipinski definition) is 2. The Hall–Kier alpha value is -0.830. The van der Waals surface area contributed by atoms with Crippen molar-refractivity contribution in [2.45, 2.75) is 51.5 Å². The van der Waals surface area contributed by atoms with Crippen LogP contribution in [0.15, 0.2) is 18.5 Å². The van der Waals surface area contributed by atoms with Crippen molar-refractivity contribution < 1.29 is 4.74 Å². The summed E-state index contributed by atoms with van der Waals surface area (Å²) in [5, 5.41) is 4.45. The van der Waals surface area contributed by atoms with Crippen molar-refractivity contribution in [1.82, 2.24) is 9.78 Å². The molecular formula is C16H26N2O. The Balaban J connectivity index is 1.79. The van der Waals surface area contributed by atoms with Gasteiger partial charge in [0.05, 0.1) is 0 Å². The van der Waals surface area contributed by atoms with Crippen molar-refractivity contribution in [1.29, 1.82) is 0 Å². The molecule has 3 unspecified atom stereocenters. The molecule has 0 aromatic carbocycles. The fraction of sp³-hybridized carbons (Fsp3) is 0.812. The van der Waals surface area contributed by atoms with Crippen molar-refractivity contribution >= 4 is 0 Å². The van der Waals surface area contributed by atoms with E-state index in [2.05, 4.69) is 16.0 Å². The van der Waals surface area contributed by atoms with Crippen molar-refractivity contribution in [3.05, 3.63) is 18.5 Å². The minimum Gasteiger partial charge on any atom is -0.385 e. The predicted octanol–water partition coefficient (Wildman–Crippen LogP) is 3.51. The number of nitrogens with zero attached hydrogens (tertiary/aromatic N) is 2. The Morgan fingerprint density at radius 1 is 1.37 bits per heavy atom. The van der Waals surface area contributed by atoms with Crippen molar-refractivity contribution in [2.24, 2.45) is 17.3 Å². The summed E-state index contributed by atoms with van der Waals surface area (Å²) in [4.78, 5) is 0. The van der Waals surface area contributed by atoms with E-state index in [0.717, 1.165) is 25.0 Å². The van der Waals surface area contributed by atoms with E-state index in [9.17, 15) is 0 Å². The first-order valence-corrected chi connectivity index (χ1v) is 7.79. The van der Waals surface area contributed by atoms with Crippen LogP contribution >= 0.6 is 0 Å². The van der Waals surface area contributed by atoms with E-state index >= 15 is 0 Å². The second-order valence-corrected chi connectivity index (χ2v) is 6.58. The van der Waals surface area contributed by atoms with Crippen LogP contribution in [-0.4, -0.2) is 23.5 Å². The maximum absolute atomic E-state index is 5.40. The monoisotopic (exact) mass is 262 g/mol. The summed E-state index contributed by atoms with van der Waals surface area (Å²) in [6, 6.07) is 2.04. The molecule has 3 atom stereocenters. The molecule has 3 heteroatoms. The number of methoxy groups -OCH3 is 1. The molecule has 1 aromatic heterocycles. The number of aromatic nitrogens is 2. The molecule has 3 rings (SSSR count). The fourth-order valence-electron chi connectivity index (χ4n) is 4.44. The highest BCUT2D eigenvalue weighted by Gasteiger charge is 2.44. The molecular weight excluding hydrogens is 236 g/mol. The van der Waals surface area contributed by atoms with Gasteiger partial charge in [0.1, 0.15) is 0 Å². The van der Waals surface area contributed by atoms with Crippen LogP contribution in [0.3, 0.4) is 0 Å². The molecule has 2 aliphatic carbocycles. The van der Waals surface area contributed by atoms with Crippen LogP contribution in [0.5, 0.6) is 0 Å². The lowest BCUT2D eigenvalue weighted by Crippen LogP contribution is -2.43. The van der Waals surface area contributed by atoms with Gasteiger partial charge in [-0.3, -0.25) is 4.68 Å². The fourth-order valence-corrected chi connectivity index (χ4v) is 4.44. The van der Waals surface area contributed by atoms with E-state index in [0.29, 0.717) is 5.41 Å². The molecule has 1 heterocycles. The van der Waals surface area contributed by atoms with E-state index in [-0.39, 0.29) is 0 Å². The predicted molar refractivity (Wildman–Crippen MR) is 75.8 cm³/mol. The summed E-state index contributed by atoms with van der Waals surface area (Å²) in [6.45, 7) is 1.98. The van der Waals surface area contributed by atoms with Gasteiger partial charge in [-0.15, -0.1) is 0 Å². The van der Waals surface area contributed by atoms with Crippen LogP contribution in [0.25, 0.3) is 0 Å². The molecule has 0 saturated heterocycles. The Morgan fingerprint density at radius 3 is 3.11 bits per heavy atom. The van der Waals surface area contributed by atoms with Crippen LogP contribution in [-0.2, 0) is 11.3 Å². The Kier molecular flexibility index (Phi) is 3.92. The Morgan fingerprint density at radius 2 is 2.32 bits per heavy atom. The summed E-state index contributed by atoms with van der Waals surface area (Å²) in [5.74, 6) is 1.89. The molecule has 2 fully saturated rings. The first-order valence-electron chi connectivity index (χ1n) is 7.79. The van der Waals surface area contributed by atoms with Gasteiger partial charge >= 0.3 is 0 Å². The van der Waals surface area contributed by atoms with E-state index in [4.69, 9.17) is 4.74 Å². The molecule has 1 aromatic rings. The summed E-state index contributed by atoms with van der Waals surface area (Å²) in [5.41, 5.74) is 0.430. The van der Waals surface area contributed by atoms with E-state index in [1.165, 1.54) is 44.9 Å². The highest BCUT2D eigenvalue weighted by molar-refractivity contribution is 4.95. The van der Waals surface area contributed by atoms with Crippen LogP contribution in [0, 0.1) is 17.3 Å². The second kappa shape index (κ2) is 5.66. The average molecular weight is 262 g/mol. The van der Waals surface area contributed by atoms with Gasteiger partial charge in [0.15, 0.2) is 0 Å². The normalized spacial score (nSPS) is 34.4. The van der Waals surface area contributed by atoms with Crippen LogP contribution in [0.4, 0.5) is 0 Å². The Bertz CT molecular complexity index is 385. The third kappa shape index (κ3) is 2.71. The standard InChI is InChI=1S/C16H26N2O/c1-19-11-8-16(13-18-10-3-9-17-18)7-6-14-4-2-5-15(16)12-14/h3,9-10,14-15H,2,4-8,11-13H2,1H3. The molecule has 3 nitrogen and oxygen atoms in total. The molecule has 0 spiro atoms. The molecule has 2 saturated carbocycles. The van der Waals surface area contributed by atoms with Gasteiger partial charge < -0.3 is 4.74 Å². The molecule has 0 radical (unpaired) electrons. The Labute approximate surface area is 116 Å². The summed E-state index contributed by atoms with van der Waals surface area (Å²) < 4.78 is 7.54. The molecule has 0 amide bonds. The maximum Gasteiger partial charge on any atom is 0.0489 e. The smallest absolute Gasteiger partial charge is 0.0489 e. The summed E-state index contributed by atoms with van der Waals surface area (Å²) in [6.07, 6.45) is 13.8. The lowest BCUT2D eigenvalue weighted by Gasteiger charge is -2.49. The van der Waals surface area contributed by atoms with Gasteiger partial charge in [-0.1, -0.05) is 12.8 Å². The topological polar surface area (TPSA) is 27.1 Å². The molecule has 19 heavy (non-hydrogen) atoms. The van der Waals surface area contributed by atoms with Gasteiger partial charge in [-0.05, 0) is 55.4 Å². The van der Waals surface area contributed by atoms with Gasteiger partial charge in [-0.25, -0.2) is 0 Å². The number of ether oxygens (including phenoxy) is 1. The minimum atomic E-state index is 0.430. The lowest BCUT2D eigenvalue weighted by atomic mass is 9.57. The van der Waals surface area contributed by atoms with Gasteiger partial charge in [0.2, 0.25) is 0 Å². The van der Waals surface area contributed by atoms with Crippen LogP contribution < -0.4 is 0 Å². The van der Waals surface area contributed by atoms with E-state index in [1.807, 2.05) is 19.4 Å². The third-order valence-electron chi connectivity index (χ3n) is 5.54. The lowest BCUT2D eigenvalue weighted by molar-refractivity contribution is -0.0150. The van der Waals surface area contributed by atoms with E-state index < -0.39 is 0 Å². The zero-order valence-electron chi connectivity index (χ0n) is 12.1. The zero-order chi connectivity index (χ0) is 13.1. The van der Waals surface area contributed by atoms with Gasteiger partial charge in [0, 0.05) is 32.7 Å². The molecule has 0 aliphatic heterocycles. The highest BCUT2D eigenvalue weighted by Crippen LogP contribution is 2.52. The third-order valence-corrected chi connectivity index (χ3v) is 5.54. The van der Waals surface area contributed by atoms with Crippen LogP contribution in [0.2, 0.25) is 0 Å². The molecule has 2 bridgehead atoms. The molecule has 106 valence electrons. The maximum atomic E-state index is 5.40. The summed E-state index contributed by atoms with van der Waals surface area (Å²) in [7, 11) is 1.83. The zero-order valence-corrected chi connectivity index (χ0v) is 12.1. The van der Waals surface area contributed by atoms with Crippen LogP contribution in [0.1, 0.15) is 44.9 Å².